The minimum atomic E-state index is -0.687. The summed E-state index contributed by atoms with van der Waals surface area (Å²) in [6.07, 6.45) is 0. The van der Waals surface area contributed by atoms with Crippen LogP contribution in [0.25, 0.3) is 0 Å². The van der Waals surface area contributed by atoms with Gasteiger partial charge in [-0.3, -0.25) is 0 Å². The molecule has 0 fully saturated rings. The van der Waals surface area contributed by atoms with E-state index in [2.05, 4.69) is 10.6 Å². The Hall–Kier alpha value is -3.55. The van der Waals surface area contributed by atoms with Gasteiger partial charge in [0.05, 0.1) is 25.3 Å². The lowest BCUT2D eigenvalue weighted by Crippen LogP contribution is -2.45. The Morgan fingerprint density at radius 2 is 1.90 bits per heavy atom. The van der Waals surface area contributed by atoms with E-state index in [0.717, 1.165) is 0 Å². The van der Waals surface area contributed by atoms with Gasteiger partial charge in [0, 0.05) is 11.3 Å². The molecule has 8 heteroatoms. The zero-order valence-corrected chi connectivity index (χ0v) is 17.0. The average Bonchev–Trinajstić information content (AvgIpc) is 2.72. The first-order valence-electron chi connectivity index (χ1n) is 9.43. The molecule has 0 radical (unpaired) electrons. The molecule has 0 aromatic heterocycles. The van der Waals surface area contributed by atoms with Crippen LogP contribution in [0.15, 0.2) is 53.7 Å². The molecule has 1 atom stereocenters. The van der Waals surface area contributed by atoms with Crippen LogP contribution in [0.3, 0.4) is 0 Å². The summed E-state index contributed by atoms with van der Waals surface area (Å²) in [4.78, 5) is 24.5. The van der Waals surface area contributed by atoms with Crippen molar-refractivity contribution in [2.45, 2.75) is 26.5 Å². The van der Waals surface area contributed by atoms with Gasteiger partial charge in [-0.1, -0.05) is 6.07 Å². The second-order valence-corrected chi connectivity index (χ2v) is 6.60. The molecule has 0 aliphatic carbocycles. The highest BCUT2D eigenvalue weighted by atomic mass is 19.1. The third kappa shape index (κ3) is 4.71. The van der Waals surface area contributed by atoms with E-state index in [1.807, 2.05) is 0 Å². The summed E-state index contributed by atoms with van der Waals surface area (Å²) in [6.45, 7) is 3.74. The molecule has 0 bridgehead atoms. The normalized spacial score (nSPS) is 15.9. The van der Waals surface area contributed by atoms with E-state index in [4.69, 9.17) is 14.2 Å². The van der Waals surface area contributed by atoms with Gasteiger partial charge in [0.15, 0.2) is 0 Å². The van der Waals surface area contributed by atoms with E-state index in [1.165, 1.54) is 31.4 Å². The van der Waals surface area contributed by atoms with Crippen LogP contribution in [0.5, 0.6) is 11.5 Å². The van der Waals surface area contributed by atoms with Crippen LogP contribution in [0.4, 0.5) is 9.18 Å². The molecule has 158 valence electrons. The highest BCUT2D eigenvalue weighted by molar-refractivity contribution is 5.95. The molecule has 0 saturated carbocycles. The number of nitrogens with one attached hydrogen (secondary N) is 2. The summed E-state index contributed by atoms with van der Waals surface area (Å²) in [7, 11) is 1.54. The molecule has 1 aliphatic heterocycles. The molecule has 2 aromatic carbocycles. The standard InChI is InChI=1S/C22H23FN2O5/c1-4-29-21(26)19-13(2)24-22(27)25-20(19)14-5-10-18(28-3)15(11-14)12-30-17-8-6-16(23)7-9-17/h5-11,20H,4,12H2,1-3H3,(H2,24,25,27)/t20-/m0/s1. The molecule has 2 N–H and O–H groups in total. The first-order valence-corrected chi connectivity index (χ1v) is 9.43. The fourth-order valence-electron chi connectivity index (χ4n) is 3.21. The minimum Gasteiger partial charge on any atom is -0.496 e. The summed E-state index contributed by atoms with van der Waals surface area (Å²) in [6, 6.07) is 9.89. The van der Waals surface area contributed by atoms with Crippen LogP contribution in [-0.4, -0.2) is 25.7 Å². The van der Waals surface area contributed by atoms with Crippen molar-refractivity contribution in [1.29, 1.82) is 0 Å². The number of methoxy groups -OCH3 is 1. The number of halogens is 1. The van der Waals surface area contributed by atoms with Gasteiger partial charge in [-0.05, 0) is 55.8 Å². The number of hydrogen-bond acceptors (Lipinski definition) is 5. The third-order valence-corrected chi connectivity index (χ3v) is 4.61. The van der Waals surface area contributed by atoms with Gasteiger partial charge >= 0.3 is 12.0 Å². The maximum absolute atomic E-state index is 13.1. The van der Waals surface area contributed by atoms with E-state index < -0.39 is 18.0 Å². The van der Waals surface area contributed by atoms with Crippen LogP contribution in [0.2, 0.25) is 0 Å². The highest BCUT2D eigenvalue weighted by Gasteiger charge is 2.32. The second-order valence-electron chi connectivity index (χ2n) is 6.60. The number of carbonyl (C=O) groups excluding carboxylic acids is 2. The van der Waals surface area contributed by atoms with Crippen molar-refractivity contribution in [2.24, 2.45) is 0 Å². The molecule has 1 heterocycles. The van der Waals surface area contributed by atoms with Gasteiger partial charge in [0.1, 0.15) is 23.9 Å². The summed E-state index contributed by atoms with van der Waals surface area (Å²) >= 11 is 0. The largest absolute Gasteiger partial charge is 0.496 e. The first kappa shape index (κ1) is 21.2. The summed E-state index contributed by atoms with van der Waals surface area (Å²) in [5.74, 6) is 0.228. The van der Waals surface area contributed by atoms with Gasteiger partial charge in [-0.25, -0.2) is 14.0 Å². The lowest BCUT2D eigenvalue weighted by atomic mass is 9.94. The monoisotopic (exact) mass is 414 g/mol. The zero-order valence-electron chi connectivity index (χ0n) is 17.0. The van der Waals surface area contributed by atoms with Gasteiger partial charge in [-0.15, -0.1) is 0 Å². The Morgan fingerprint density at radius 3 is 2.57 bits per heavy atom. The van der Waals surface area contributed by atoms with E-state index in [-0.39, 0.29) is 19.0 Å². The summed E-state index contributed by atoms with van der Waals surface area (Å²) < 4.78 is 29.4. The molecule has 0 saturated heterocycles. The van der Waals surface area contributed by atoms with Crippen LogP contribution in [0, 0.1) is 5.82 Å². The smallest absolute Gasteiger partial charge is 0.338 e. The number of esters is 1. The van der Waals surface area contributed by atoms with Crippen molar-refractivity contribution in [3.05, 3.63) is 70.7 Å². The SMILES string of the molecule is CCOC(=O)C1=C(C)NC(=O)N[C@H]1c1ccc(OC)c(COc2ccc(F)cc2)c1. The fraction of sp³-hybridized carbons (Fsp3) is 0.273. The van der Waals surface area contributed by atoms with Gasteiger partial charge < -0.3 is 24.8 Å². The lowest BCUT2D eigenvalue weighted by Gasteiger charge is -2.28. The Labute approximate surface area is 173 Å². The van der Waals surface area contributed by atoms with Crippen molar-refractivity contribution in [2.75, 3.05) is 13.7 Å². The molecular weight excluding hydrogens is 391 g/mol. The Bertz CT molecular complexity index is 972. The number of carbonyl (C=O) groups is 2. The number of rotatable bonds is 7. The number of allylic oxidation sites excluding steroid dienone is 1. The highest BCUT2D eigenvalue weighted by Crippen LogP contribution is 2.31. The summed E-state index contributed by atoms with van der Waals surface area (Å²) in [5, 5.41) is 5.37. The molecule has 2 aromatic rings. The van der Waals surface area contributed by atoms with Crippen LogP contribution in [-0.2, 0) is 16.1 Å². The van der Waals surface area contributed by atoms with Crippen LogP contribution in [0.1, 0.15) is 31.0 Å². The number of ether oxygens (including phenoxy) is 3. The van der Waals surface area contributed by atoms with E-state index in [0.29, 0.717) is 33.9 Å². The first-order chi connectivity index (χ1) is 14.4. The van der Waals surface area contributed by atoms with Gasteiger partial charge in [0.2, 0.25) is 0 Å². The number of urea groups is 1. The molecule has 1 aliphatic rings. The van der Waals surface area contributed by atoms with E-state index in [1.54, 1.807) is 32.0 Å². The van der Waals surface area contributed by atoms with Crippen LogP contribution < -0.4 is 20.1 Å². The lowest BCUT2D eigenvalue weighted by molar-refractivity contribution is -0.139. The van der Waals surface area contributed by atoms with Crippen molar-refractivity contribution < 1.29 is 28.2 Å². The molecule has 7 nitrogen and oxygen atoms in total. The van der Waals surface area contributed by atoms with E-state index >= 15 is 0 Å². The molecule has 0 spiro atoms. The Kier molecular flexibility index (Phi) is 6.56. The van der Waals surface area contributed by atoms with Crippen molar-refractivity contribution in [1.82, 2.24) is 10.6 Å². The quantitative estimate of drug-likeness (QED) is 0.676. The van der Waals surface area contributed by atoms with Crippen molar-refractivity contribution in [3.63, 3.8) is 0 Å². The minimum absolute atomic E-state index is 0.152. The molecular formula is C22H23FN2O5. The molecule has 0 unspecified atom stereocenters. The van der Waals surface area contributed by atoms with Crippen molar-refractivity contribution in [3.8, 4) is 11.5 Å². The van der Waals surface area contributed by atoms with Crippen molar-refractivity contribution >= 4 is 12.0 Å². The summed E-state index contributed by atoms with van der Waals surface area (Å²) in [5.41, 5.74) is 2.13. The zero-order chi connectivity index (χ0) is 21.7. The molecule has 30 heavy (non-hydrogen) atoms. The Balaban J connectivity index is 1.91. The molecule has 2 amide bonds. The van der Waals surface area contributed by atoms with E-state index in [9.17, 15) is 14.0 Å². The topological polar surface area (TPSA) is 85.9 Å². The Morgan fingerprint density at radius 1 is 1.17 bits per heavy atom. The second kappa shape index (κ2) is 9.30. The maximum atomic E-state index is 13.1. The van der Waals surface area contributed by atoms with Gasteiger partial charge in [-0.2, -0.15) is 0 Å². The number of amides is 2. The number of benzene rings is 2. The maximum Gasteiger partial charge on any atom is 0.338 e. The predicted octanol–water partition coefficient (Wildman–Crippen LogP) is 3.60. The molecule has 3 rings (SSSR count). The number of hydrogen-bond donors (Lipinski definition) is 2. The van der Waals surface area contributed by atoms with Gasteiger partial charge in [0.25, 0.3) is 0 Å². The third-order valence-electron chi connectivity index (χ3n) is 4.61. The average molecular weight is 414 g/mol. The predicted molar refractivity (Wildman–Crippen MR) is 107 cm³/mol. The van der Waals surface area contributed by atoms with Crippen LogP contribution >= 0.6 is 0 Å². The fourth-order valence-corrected chi connectivity index (χ4v) is 3.21.